The molecule has 2 N–H and O–H groups in total. The molecule has 31 heavy (non-hydrogen) atoms. The standard InChI is InChI=1S/C20H27F4N3O4/c1-5-30-17(28)12-10-14(20(22,23)24)13(15(21)16(12)25)11-26-6-8-27(9-7-26)18(29)31-19(2,3)4/h10H,5-9,11,25H2,1-4H3. The monoisotopic (exact) mass is 449 g/mol. The number of nitrogen functional groups attached to an aromatic ring is 1. The molecule has 0 saturated carbocycles. The quantitative estimate of drug-likeness (QED) is 0.429. The molecule has 0 spiro atoms. The molecule has 1 heterocycles. The van der Waals surface area contributed by atoms with E-state index in [9.17, 15) is 27.2 Å². The highest BCUT2D eigenvalue weighted by molar-refractivity contribution is 5.95. The molecule has 1 aliphatic rings. The molecule has 0 bridgehead atoms. The maximum Gasteiger partial charge on any atom is 0.416 e. The summed E-state index contributed by atoms with van der Waals surface area (Å²) in [7, 11) is 0. The molecular weight excluding hydrogens is 422 g/mol. The van der Waals surface area contributed by atoms with Gasteiger partial charge in [-0.15, -0.1) is 0 Å². The van der Waals surface area contributed by atoms with Crippen molar-refractivity contribution in [3.8, 4) is 0 Å². The van der Waals surface area contributed by atoms with Gasteiger partial charge in [0.05, 0.1) is 23.4 Å². The van der Waals surface area contributed by atoms with Crippen molar-refractivity contribution in [2.45, 2.75) is 46.0 Å². The fourth-order valence-corrected chi connectivity index (χ4v) is 3.13. The van der Waals surface area contributed by atoms with Crippen LogP contribution < -0.4 is 5.73 Å². The van der Waals surface area contributed by atoms with Gasteiger partial charge in [0.2, 0.25) is 0 Å². The second-order valence-corrected chi connectivity index (χ2v) is 8.14. The number of benzene rings is 1. The largest absolute Gasteiger partial charge is 0.462 e. The smallest absolute Gasteiger partial charge is 0.416 e. The van der Waals surface area contributed by atoms with Crippen LogP contribution in [0.2, 0.25) is 0 Å². The SMILES string of the molecule is CCOC(=O)c1cc(C(F)(F)F)c(CN2CCN(C(=O)OC(C)(C)C)CC2)c(F)c1N. The van der Waals surface area contributed by atoms with E-state index in [1.807, 2.05) is 0 Å². The number of piperazine rings is 1. The fourth-order valence-electron chi connectivity index (χ4n) is 3.13. The van der Waals surface area contributed by atoms with Gasteiger partial charge in [0.1, 0.15) is 5.60 Å². The summed E-state index contributed by atoms with van der Waals surface area (Å²) >= 11 is 0. The van der Waals surface area contributed by atoms with Crippen molar-refractivity contribution < 1.29 is 36.6 Å². The second-order valence-electron chi connectivity index (χ2n) is 8.14. The van der Waals surface area contributed by atoms with Gasteiger partial charge < -0.3 is 20.1 Å². The summed E-state index contributed by atoms with van der Waals surface area (Å²) in [6, 6.07) is 0.530. The van der Waals surface area contributed by atoms with Gasteiger partial charge in [-0.05, 0) is 33.8 Å². The minimum Gasteiger partial charge on any atom is -0.462 e. The number of carbonyl (C=O) groups excluding carboxylic acids is 2. The topological polar surface area (TPSA) is 85.1 Å². The highest BCUT2D eigenvalue weighted by Crippen LogP contribution is 2.37. The van der Waals surface area contributed by atoms with Crippen molar-refractivity contribution in [3.63, 3.8) is 0 Å². The number of halogens is 4. The van der Waals surface area contributed by atoms with E-state index in [0.29, 0.717) is 6.07 Å². The number of alkyl halides is 3. The minimum atomic E-state index is -4.90. The van der Waals surface area contributed by atoms with Crippen LogP contribution in [0.15, 0.2) is 6.07 Å². The Hall–Kier alpha value is -2.56. The summed E-state index contributed by atoms with van der Waals surface area (Å²) in [5.41, 5.74) is 1.67. The molecule has 1 aromatic carbocycles. The zero-order valence-corrected chi connectivity index (χ0v) is 17.9. The molecule has 0 atom stereocenters. The van der Waals surface area contributed by atoms with Crippen LogP contribution in [-0.2, 0) is 22.2 Å². The number of nitrogens with zero attached hydrogens (tertiary/aromatic N) is 2. The Morgan fingerprint density at radius 3 is 2.19 bits per heavy atom. The molecule has 0 unspecified atom stereocenters. The van der Waals surface area contributed by atoms with Crippen molar-refractivity contribution in [1.29, 1.82) is 0 Å². The summed E-state index contributed by atoms with van der Waals surface area (Å²) in [6.45, 7) is 7.06. The lowest BCUT2D eigenvalue weighted by molar-refractivity contribution is -0.138. The number of carbonyl (C=O) groups is 2. The normalized spacial score (nSPS) is 15.7. The molecule has 7 nitrogen and oxygen atoms in total. The van der Waals surface area contributed by atoms with Gasteiger partial charge >= 0.3 is 18.2 Å². The van der Waals surface area contributed by atoms with Crippen molar-refractivity contribution in [2.75, 3.05) is 38.5 Å². The van der Waals surface area contributed by atoms with E-state index in [2.05, 4.69) is 4.74 Å². The Kier molecular flexibility index (Phi) is 7.40. The Labute approximate surface area is 178 Å². The lowest BCUT2D eigenvalue weighted by Crippen LogP contribution is -2.49. The number of anilines is 1. The first-order valence-electron chi connectivity index (χ1n) is 9.80. The van der Waals surface area contributed by atoms with Crippen LogP contribution in [0.1, 0.15) is 49.2 Å². The summed E-state index contributed by atoms with van der Waals surface area (Å²) in [4.78, 5) is 27.1. The molecule has 11 heteroatoms. The molecule has 1 aromatic rings. The fraction of sp³-hybridized carbons (Fsp3) is 0.600. The highest BCUT2D eigenvalue weighted by atomic mass is 19.4. The molecule has 2 rings (SSSR count). The first-order valence-corrected chi connectivity index (χ1v) is 9.80. The Morgan fingerprint density at radius 1 is 1.13 bits per heavy atom. The van der Waals surface area contributed by atoms with E-state index in [-0.39, 0.29) is 39.3 Å². The van der Waals surface area contributed by atoms with Crippen LogP contribution in [0.3, 0.4) is 0 Å². The van der Waals surface area contributed by atoms with Gasteiger partial charge in [0.15, 0.2) is 5.82 Å². The number of hydrogen-bond donors (Lipinski definition) is 1. The van der Waals surface area contributed by atoms with Crippen LogP contribution in [0, 0.1) is 5.82 Å². The van der Waals surface area contributed by atoms with Crippen molar-refractivity contribution in [1.82, 2.24) is 9.80 Å². The second kappa shape index (κ2) is 9.29. The number of esters is 1. The Bertz CT molecular complexity index is 829. The predicted octanol–water partition coefficient (Wildman–Crippen LogP) is 3.66. The average Bonchev–Trinajstić information content (AvgIpc) is 2.64. The number of amides is 1. The van der Waals surface area contributed by atoms with Crippen LogP contribution >= 0.6 is 0 Å². The average molecular weight is 449 g/mol. The number of rotatable bonds is 4. The van der Waals surface area contributed by atoms with Gasteiger partial charge in [-0.1, -0.05) is 0 Å². The van der Waals surface area contributed by atoms with Crippen molar-refractivity contribution >= 4 is 17.7 Å². The van der Waals surface area contributed by atoms with Crippen molar-refractivity contribution in [3.05, 3.63) is 28.6 Å². The van der Waals surface area contributed by atoms with E-state index < -0.39 is 52.0 Å². The third-order valence-electron chi connectivity index (χ3n) is 4.61. The molecule has 1 aliphatic heterocycles. The molecule has 0 aliphatic carbocycles. The molecular formula is C20H27F4N3O4. The molecule has 1 amide bonds. The van der Waals surface area contributed by atoms with Gasteiger partial charge in [0.25, 0.3) is 0 Å². The third-order valence-corrected chi connectivity index (χ3v) is 4.61. The first kappa shape index (κ1) is 24.7. The summed E-state index contributed by atoms with van der Waals surface area (Å²) in [5, 5.41) is 0. The zero-order chi connectivity index (χ0) is 23.6. The molecule has 0 radical (unpaired) electrons. The third kappa shape index (κ3) is 6.22. The Morgan fingerprint density at radius 2 is 1.71 bits per heavy atom. The minimum absolute atomic E-state index is 0.0923. The van der Waals surface area contributed by atoms with Gasteiger partial charge in [0, 0.05) is 38.3 Å². The van der Waals surface area contributed by atoms with Crippen LogP contribution in [0.4, 0.5) is 28.0 Å². The lowest BCUT2D eigenvalue weighted by atomic mass is 9.99. The van der Waals surface area contributed by atoms with Gasteiger partial charge in [-0.3, -0.25) is 4.90 Å². The Balaban J connectivity index is 2.23. The van der Waals surface area contributed by atoms with Gasteiger partial charge in [-0.25, -0.2) is 14.0 Å². The summed E-state index contributed by atoms with van der Waals surface area (Å²) in [6.07, 6.45) is -5.42. The molecule has 1 saturated heterocycles. The van der Waals surface area contributed by atoms with E-state index >= 15 is 0 Å². The number of ether oxygens (including phenoxy) is 2. The lowest BCUT2D eigenvalue weighted by Gasteiger charge is -2.36. The van der Waals surface area contributed by atoms with Crippen LogP contribution in [0.25, 0.3) is 0 Å². The van der Waals surface area contributed by atoms with E-state index in [1.54, 1.807) is 25.7 Å². The highest BCUT2D eigenvalue weighted by Gasteiger charge is 2.38. The van der Waals surface area contributed by atoms with E-state index in [0.717, 1.165) is 0 Å². The maximum absolute atomic E-state index is 14.9. The molecule has 1 fully saturated rings. The predicted molar refractivity (Wildman–Crippen MR) is 105 cm³/mol. The molecule has 174 valence electrons. The summed E-state index contributed by atoms with van der Waals surface area (Å²) in [5.74, 6) is -2.42. The first-order chi connectivity index (χ1) is 14.2. The number of nitrogens with two attached hydrogens (primary N) is 1. The van der Waals surface area contributed by atoms with Crippen LogP contribution in [0.5, 0.6) is 0 Å². The van der Waals surface area contributed by atoms with Gasteiger partial charge in [-0.2, -0.15) is 13.2 Å². The zero-order valence-electron chi connectivity index (χ0n) is 17.9. The van der Waals surface area contributed by atoms with Crippen molar-refractivity contribution in [2.24, 2.45) is 0 Å². The van der Waals surface area contributed by atoms with E-state index in [1.165, 1.54) is 11.8 Å². The van der Waals surface area contributed by atoms with Crippen LogP contribution in [-0.4, -0.2) is 60.2 Å². The molecule has 0 aromatic heterocycles. The van der Waals surface area contributed by atoms with E-state index in [4.69, 9.17) is 10.5 Å². The summed E-state index contributed by atoms with van der Waals surface area (Å²) < 4.78 is 65.7. The number of hydrogen-bond acceptors (Lipinski definition) is 6. The maximum atomic E-state index is 14.9.